The number of halogens is 2. The highest BCUT2D eigenvalue weighted by Gasteiger charge is 2.04. The third-order valence-corrected chi connectivity index (χ3v) is 4.12. The number of rotatable bonds is 5. The Morgan fingerprint density at radius 3 is 2.40 bits per heavy atom. The van der Waals surface area contributed by atoms with Gasteiger partial charge in [-0.1, -0.05) is 53.5 Å². The molecule has 0 aliphatic heterocycles. The van der Waals surface area contributed by atoms with Crippen LogP contribution in [0.2, 0.25) is 10.0 Å². The monoisotopic (exact) mass is 370 g/mol. The summed E-state index contributed by atoms with van der Waals surface area (Å²) in [6, 6.07) is 20.8. The van der Waals surface area contributed by atoms with Gasteiger partial charge in [-0.25, -0.2) is 0 Å². The van der Waals surface area contributed by atoms with E-state index < -0.39 is 0 Å². The lowest BCUT2D eigenvalue weighted by Gasteiger charge is -2.08. The highest BCUT2D eigenvalue weighted by Crippen LogP contribution is 2.31. The Hall–Kier alpha value is -2.36. The molecule has 0 unspecified atom stereocenters. The zero-order chi connectivity index (χ0) is 17.6. The first-order chi connectivity index (χ1) is 12.1. The van der Waals surface area contributed by atoms with Crippen molar-refractivity contribution in [2.45, 2.75) is 13.5 Å². The van der Waals surface area contributed by atoms with Crippen molar-refractivity contribution in [1.29, 1.82) is 0 Å². The molecule has 0 aromatic heterocycles. The molecule has 5 heteroatoms. The van der Waals surface area contributed by atoms with Crippen molar-refractivity contribution in [3.63, 3.8) is 0 Å². The number of aryl methyl sites for hydroxylation is 1. The fraction of sp³-hybridized carbons (Fsp3) is 0.100. The molecule has 0 saturated carbocycles. The summed E-state index contributed by atoms with van der Waals surface area (Å²) in [5.74, 6) is 0.618. The minimum absolute atomic E-state index is 0.464. The third-order valence-electron chi connectivity index (χ3n) is 3.58. The van der Waals surface area contributed by atoms with Crippen molar-refractivity contribution in [2.75, 3.05) is 0 Å². The second-order valence-corrected chi connectivity index (χ2v) is 6.36. The second kappa shape index (κ2) is 8.15. The number of nitrogens with zero attached hydrogens (tertiary/aromatic N) is 2. The van der Waals surface area contributed by atoms with Gasteiger partial charge in [0.25, 0.3) is 0 Å². The van der Waals surface area contributed by atoms with E-state index in [1.165, 1.54) is 0 Å². The molecule has 0 aliphatic rings. The van der Waals surface area contributed by atoms with Crippen molar-refractivity contribution in [3.8, 4) is 5.75 Å². The first-order valence-corrected chi connectivity index (χ1v) is 8.51. The van der Waals surface area contributed by atoms with Crippen molar-refractivity contribution in [2.24, 2.45) is 10.2 Å². The van der Waals surface area contributed by atoms with Crippen molar-refractivity contribution >= 4 is 34.6 Å². The SMILES string of the molecule is Cc1cc(Cl)ccc1N=Nc1ccc(OCc2ccccc2)c(Cl)c1. The molecule has 0 bridgehead atoms. The molecule has 3 rings (SSSR count). The average Bonchev–Trinajstić information content (AvgIpc) is 2.61. The van der Waals surface area contributed by atoms with Gasteiger partial charge in [0.2, 0.25) is 0 Å². The first kappa shape index (κ1) is 17.5. The molecular formula is C20H16Cl2N2O. The molecule has 126 valence electrons. The van der Waals surface area contributed by atoms with Crippen molar-refractivity contribution < 1.29 is 4.74 Å². The quantitative estimate of drug-likeness (QED) is 0.433. The second-order valence-electron chi connectivity index (χ2n) is 5.52. The normalized spacial score (nSPS) is 11.0. The molecular weight excluding hydrogens is 355 g/mol. The summed E-state index contributed by atoms with van der Waals surface area (Å²) in [5, 5.41) is 9.66. The fourth-order valence-corrected chi connectivity index (χ4v) is 2.70. The lowest BCUT2D eigenvalue weighted by Crippen LogP contribution is -1.95. The van der Waals surface area contributed by atoms with E-state index in [0.717, 1.165) is 16.8 Å². The smallest absolute Gasteiger partial charge is 0.138 e. The van der Waals surface area contributed by atoms with Crippen LogP contribution in [0.1, 0.15) is 11.1 Å². The fourth-order valence-electron chi connectivity index (χ4n) is 2.25. The Morgan fingerprint density at radius 1 is 0.880 bits per heavy atom. The lowest BCUT2D eigenvalue weighted by molar-refractivity contribution is 0.306. The van der Waals surface area contributed by atoms with E-state index in [0.29, 0.717) is 28.1 Å². The van der Waals surface area contributed by atoms with Gasteiger partial charge < -0.3 is 4.74 Å². The van der Waals surface area contributed by atoms with Crippen LogP contribution in [0.15, 0.2) is 77.0 Å². The first-order valence-electron chi connectivity index (χ1n) is 7.76. The summed E-state index contributed by atoms with van der Waals surface area (Å²) in [6.45, 7) is 2.40. The molecule has 3 aromatic rings. The van der Waals surface area contributed by atoms with Gasteiger partial charge in [-0.15, -0.1) is 0 Å². The van der Waals surface area contributed by atoms with E-state index in [1.54, 1.807) is 18.2 Å². The van der Waals surface area contributed by atoms with E-state index in [4.69, 9.17) is 27.9 Å². The van der Waals surface area contributed by atoms with E-state index >= 15 is 0 Å². The van der Waals surface area contributed by atoms with Crippen LogP contribution in [0.25, 0.3) is 0 Å². The van der Waals surface area contributed by atoms with Crippen molar-refractivity contribution in [1.82, 2.24) is 0 Å². The number of ether oxygens (including phenoxy) is 1. The number of hydrogen-bond donors (Lipinski definition) is 0. The molecule has 3 aromatic carbocycles. The predicted molar refractivity (Wildman–Crippen MR) is 103 cm³/mol. The van der Waals surface area contributed by atoms with Crippen molar-refractivity contribution in [3.05, 3.63) is 87.9 Å². The maximum Gasteiger partial charge on any atom is 0.138 e. The molecule has 25 heavy (non-hydrogen) atoms. The maximum absolute atomic E-state index is 6.29. The van der Waals surface area contributed by atoms with Crippen LogP contribution < -0.4 is 4.74 Å². The van der Waals surface area contributed by atoms with Crippen LogP contribution in [-0.4, -0.2) is 0 Å². The van der Waals surface area contributed by atoms with E-state index in [2.05, 4.69) is 10.2 Å². The minimum Gasteiger partial charge on any atom is -0.487 e. The van der Waals surface area contributed by atoms with Crippen LogP contribution in [0.3, 0.4) is 0 Å². The standard InChI is InChI=1S/C20H16Cl2N2O/c1-14-11-16(21)7-9-19(14)24-23-17-8-10-20(18(22)12-17)25-13-15-5-3-2-4-6-15/h2-12H,13H2,1H3. The molecule has 0 N–H and O–H groups in total. The number of hydrogen-bond acceptors (Lipinski definition) is 3. The Kier molecular flexibility index (Phi) is 5.69. The molecule has 0 amide bonds. The predicted octanol–water partition coefficient (Wildman–Crippen LogP) is 7.30. The summed E-state index contributed by atoms with van der Waals surface area (Å²) in [7, 11) is 0. The van der Waals surface area contributed by atoms with Crippen LogP contribution in [0.4, 0.5) is 11.4 Å². The number of azo groups is 1. The highest BCUT2D eigenvalue weighted by molar-refractivity contribution is 6.32. The highest BCUT2D eigenvalue weighted by atomic mass is 35.5. The summed E-state index contributed by atoms with van der Waals surface area (Å²) in [4.78, 5) is 0. The zero-order valence-electron chi connectivity index (χ0n) is 13.6. The Balaban J connectivity index is 1.70. The summed E-state index contributed by atoms with van der Waals surface area (Å²) < 4.78 is 5.75. The van der Waals surface area contributed by atoms with Gasteiger partial charge in [0.1, 0.15) is 12.4 Å². The van der Waals surface area contributed by atoms with Gasteiger partial charge in [-0.05, 0) is 54.4 Å². The van der Waals surface area contributed by atoms with E-state index in [9.17, 15) is 0 Å². The minimum atomic E-state index is 0.464. The van der Waals surface area contributed by atoms with Gasteiger partial charge in [0.05, 0.1) is 16.4 Å². The Morgan fingerprint density at radius 2 is 1.68 bits per heavy atom. The van der Waals surface area contributed by atoms with Crippen LogP contribution in [-0.2, 0) is 6.61 Å². The van der Waals surface area contributed by atoms with Crippen LogP contribution in [0.5, 0.6) is 5.75 Å². The van der Waals surface area contributed by atoms with Gasteiger partial charge >= 0.3 is 0 Å². The third kappa shape index (κ3) is 4.81. The van der Waals surface area contributed by atoms with Gasteiger partial charge in [0, 0.05) is 5.02 Å². The van der Waals surface area contributed by atoms with Gasteiger partial charge in [-0.2, -0.15) is 10.2 Å². The molecule has 3 nitrogen and oxygen atoms in total. The van der Waals surface area contributed by atoms with Crippen LogP contribution in [0, 0.1) is 6.92 Å². The Labute approximate surface area is 156 Å². The molecule has 0 radical (unpaired) electrons. The maximum atomic E-state index is 6.29. The molecule has 0 spiro atoms. The summed E-state index contributed by atoms with van der Waals surface area (Å²) in [5.41, 5.74) is 3.47. The number of benzene rings is 3. The lowest BCUT2D eigenvalue weighted by atomic mass is 10.2. The van der Waals surface area contributed by atoms with E-state index in [1.807, 2.05) is 55.5 Å². The molecule has 0 heterocycles. The molecule has 0 aliphatic carbocycles. The molecule has 0 saturated heterocycles. The van der Waals surface area contributed by atoms with Gasteiger partial charge in [-0.3, -0.25) is 0 Å². The summed E-state index contributed by atoms with van der Waals surface area (Å²) >= 11 is 12.2. The van der Waals surface area contributed by atoms with Gasteiger partial charge in [0.15, 0.2) is 0 Å². The summed E-state index contributed by atoms with van der Waals surface area (Å²) in [6.07, 6.45) is 0. The van der Waals surface area contributed by atoms with Crippen LogP contribution >= 0.6 is 23.2 Å². The largest absolute Gasteiger partial charge is 0.487 e. The average molecular weight is 371 g/mol. The zero-order valence-corrected chi connectivity index (χ0v) is 15.1. The Bertz CT molecular complexity index is 895. The molecule has 0 fully saturated rings. The molecule has 0 atom stereocenters. The van der Waals surface area contributed by atoms with E-state index in [-0.39, 0.29) is 0 Å². The topological polar surface area (TPSA) is 34.0 Å².